The van der Waals surface area contributed by atoms with E-state index in [1.165, 1.54) is 16.8 Å². The summed E-state index contributed by atoms with van der Waals surface area (Å²) in [7, 11) is 1.66. The predicted molar refractivity (Wildman–Crippen MR) is 82.4 cm³/mol. The van der Waals surface area contributed by atoms with E-state index in [9.17, 15) is 4.79 Å². The van der Waals surface area contributed by atoms with Crippen molar-refractivity contribution in [2.45, 2.75) is 32.4 Å². The van der Waals surface area contributed by atoms with Crippen molar-refractivity contribution in [3.8, 4) is 0 Å². The monoisotopic (exact) mass is 289 g/mol. The van der Waals surface area contributed by atoms with Crippen LogP contribution in [0.4, 0.5) is 0 Å². The molecule has 5 nitrogen and oxygen atoms in total. The Hall–Kier alpha value is -1.59. The number of amides is 1. The van der Waals surface area contributed by atoms with Crippen molar-refractivity contribution in [3.63, 3.8) is 0 Å². The van der Waals surface area contributed by atoms with Crippen LogP contribution in [0.1, 0.15) is 35.0 Å². The van der Waals surface area contributed by atoms with Gasteiger partial charge in [0.2, 0.25) is 0 Å². The summed E-state index contributed by atoms with van der Waals surface area (Å²) >= 11 is 0. The first-order valence-electron chi connectivity index (χ1n) is 7.64. The zero-order valence-corrected chi connectivity index (χ0v) is 12.7. The number of aromatic nitrogens is 1. The van der Waals surface area contributed by atoms with Crippen molar-refractivity contribution in [2.75, 3.05) is 26.7 Å². The molecule has 3 rings (SSSR count). The minimum absolute atomic E-state index is 0.0173. The lowest BCUT2D eigenvalue weighted by Gasteiger charge is -2.16. The number of nitrogens with zero attached hydrogens (tertiary/aromatic N) is 1. The van der Waals surface area contributed by atoms with E-state index >= 15 is 0 Å². The molecular weight excluding hydrogens is 266 g/mol. The molecule has 1 atom stereocenters. The third-order valence-electron chi connectivity index (χ3n) is 4.31. The number of rotatable bonds is 4. The van der Waals surface area contributed by atoms with Crippen molar-refractivity contribution in [1.82, 2.24) is 15.2 Å². The number of ether oxygens (including phenoxy) is 1. The fraction of sp³-hybridized carbons (Fsp3) is 0.562. The Bertz CT molecular complexity index is 574. The van der Waals surface area contributed by atoms with Gasteiger partial charge in [0.05, 0.1) is 11.7 Å². The normalized spacial score (nSPS) is 18.5. The van der Waals surface area contributed by atoms with Gasteiger partial charge >= 0.3 is 0 Å². The standard InChI is InChI=1S/C16H23N3O2/c1-11(21-2)8-18-16(20)14-10-19-7-6-17-9-12-4-3-5-13(14)15(12)19/h4,10-11,17H,3,5-9H2,1-2H3,(H,18,20). The van der Waals surface area contributed by atoms with Crippen molar-refractivity contribution in [2.24, 2.45) is 0 Å². The molecule has 21 heavy (non-hydrogen) atoms. The van der Waals surface area contributed by atoms with E-state index in [1.807, 2.05) is 13.1 Å². The molecule has 1 aliphatic carbocycles. The van der Waals surface area contributed by atoms with Gasteiger partial charge in [0.25, 0.3) is 5.91 Å². The number of hydrogen-bond acceptors (Lipinski definition) is 3. The van der Waals surface area contributed by atoms with E-state index < -0.39 is 0 Å². The number of carbonyl (C=O) groups is 1. The molecule has 2 N–H and O–H groups in total. The van der Waals surface area contributed by atoms with Gasteiger partial charge in [-0.2, -0.15) is 0 Å². The molecule has 5 heteroatoms. The second-order valence-corrected chi connectivity index (χ2v) is 5.76. The quantitative estimate of drug-likeness (QED) is 0.875. The molecule has 0 bridgehead atoms. The highest BCUT2D eigenvalue weighted by atomic mass is 16.5. The molecule has 2 heterocycles. The molecule has 114 valence electrons. The van der Waals surface area contributed by atoms with Gasteiger partial charge in [0.1, 0.15) is 0 Å². The van der Waals surface area contributed by atoms with Gasteiger partial charge in [-0.15, -0.1) is 0 Å². The lowest BCUT2D eigenvalue weighted by molar-refractivity contribution is 0.0869. The maximum atomic E-state index is 12.5. The highest BCUT2D eigenvalue weighted by molar-refractivity contribution is 5.97. The highest BCUT2D eigenvalue weighted by Crippen LogP contribution is 2.31. The van der Waals surface area contributed by atoms with Gasteiger partial charge in [-0.3, -0.25) is 4.79 Å². The van der Waals surface area contributed by atoms with Gasteiger partial charge < -0.3 is 19.9 Å². The first-order valence-corrected chi connectivity index (χ1v) is 7.64. The van der Waals surface area contributed by atoms with Gasteiger partial charge in [-0.05, 0) is 30.9 Å². The molecule has 1 unspecified atom stereocenters. The second kappa shape index (κ2) is 6.03. The summed E-state index contributed by atoms with van der Waals surface area (Å²) in [4.78, 5) is 12.5. The van der Waals surface area contributed by atoms with Crippen LogP contribution in [0.25, 0.3) is 5.57 Å². The third-order valence-corrected chi connectivity index (χ3v) is 4.31. The smallest absolute Gasteiger partial charge is 0.253 e. The molecule has 2 aliphatic rings. The number of nitrogens with one attached hydrogen (secondary N) is 2. The fourth-order valence-electron chi connectivity index (χ4n) is 3.08. The van der Waals surface area contributed by atoms with Gasteiger partial charge in [0, 0.05) is 45.2 Å². The second-order valence-electron chi connectivity index (χ2n) is 5.76. The van der Waals surface area contributed by atoms with E-state index in [4.69, 9.17) is 4.74 Å². The number of methoxy groups -OCH3 is 1. The van der Waals surface area contributed by atoms with Crippen LogP contribution in [0.15, 0.2) is 12.3 Å². The molecule has 0 aromatic carbocycles. The first-order chi connectivity index (χ1) is 10.2. The summed E-state index contributed by atoms with van der Waals surface area (Å²) in [6, 6.07) is 0. The Morgan fingerprint density at radius 2 is 2.43 bits per heavy atom. The zero-order valence-electron chi connectivity index (χ0n) is 12.7. The van der Waals surface area contributed by atoms with Crippen LogP contribution in [-0.4, -0.2) is 43.3 Å². The van der Waals surface area contributed by atoms with Crippen LogP contribution in [0, 0.1) is 0 Å². The lowest BCUT2D eigenvalue weighted by Crippen LogP contribution is -2.32. The van der Waals surface area contributed by atoms with E-state index in [2.05, 4.69) is 21.3 Å². The maximum Gasteiger partial charge on any atom is 0.253 e. The third kappa shape index (κ3) is 2.76. The van der Waals surface area contributed by atoms with E-state index in [-0.39, 0.29) is 12.0 Å². The Morgan fingerprint density at radius 1 is 1.57 bits per heavy atom. The van der Waals surface area contributed by atoms with Crippen molar-refractivity contribution in [3.05, 3.63) is 29.1 Å². The Labute approximate surface area is 125 Å². The molecule has 0 saturated carbocycles. The molecule has 1 aliphatic heterocycles. The molecule has 0 fully saturated rings. The summed E-state index contributed by atoms with van der Waals surface area (Å²) in [5.41, 5.74) is 4.63. The van der Waals surface area contributed by atoms with Crippen LogP contribution >= 0.6 is 0 Å². The predicted octanol–water partition coefficient (Wildman–Crippen LogP) is 1.19. The van der Waals surface area contributed by atoms with Crippen molar-refractivity contribution < 1.29 is 9.53 Å². The first kappa shape index (κ1) is 14.4. The van der Waals surface area contributed by atoms with Crippen LogP contribution in [0.2, 0.25) is 0 Å². The van der Waals surface area contributed by atoms with Crippen LogP contribution in [0.5, 0.6) is 0 Å². The van der Waals surface area contributed by atoms with Gasteiger partial charge in [-0.25, -0.2) is 0 Å². The average Bonchev–Trinajstić information content (AvgIpc) is 2.75. The number of carbonyl (C=O) groups excluding carboxylic acids is 1. The van der Waals surface area contributed by atoms with Crippen LogP contribution in [0.3, 0.4) is 0 Å². The van der Waals surface area contributed by atoms with Gasteiger partial charge in [0.15, 0.2) is 0 Å². The maximum absolute atomic E-state index is 12.5. The summed E-state index contributed by atoms with van der Waals surface area (Å²) in [6.45, 7) is 5.26. The average molecular weight is 289 g/mol. The Morgan fingerprint density at radius 3 is 3.24 bits per heavy atom. The lowest BCUT2D eigenvalue weighted by atomic mass is 9.94. The molecule has 0 spiro atoms. The largest absolute Gasteiger partial charge is 0.380 e. The molecule has 1 aromatic rings. The molecule has 0 saturated heterocycles. The number of hydrogen-bond donors (Lipinski definition) is 2. The SMILES string of the molecule is COC(C)CNC(=O)c1cn2c3c1CCC=C3CNCC2. The summed E-state index contributed by atoms with van der Waals surface area (Å²) in [6.07, 6.45) is 6.32. The van der Waals surface area contributed by atoms with Crippen molar-refractivity contribution in [1.29, 1.82) is 0 Å². The molecule has 1 aromatic heterocycles. The summed E-state index contributed by atoms with van der Waals surface area (Å²) < 4.78 is 7.41. The van der Waals surface area contributed by atoms with E-state index in [0.29, 0.717) is 6.54 Å². The van der Waals surface area contributed by atoms with Crippen LogP contribution in [-0.2, 0) is 17.7 Å². The van der Waals surface area contributed by atoms with E-state index in [0.717, 1.165) is 38.0 Å². The Balaban J connectivity index is 1.86. The minimum Gasteiger partial charge on any atom is -0.380 e. The molecule has 1 amide bonds. The van der Waals surface area contributed by atoms with Crippen LogP contribution < -0.4 is 10.6 Å². The van der Waals surface area contributed by atoms with Crippen molar-refractivity contribution >= 4 is 11.5 Å². The zero-order chi connectivity index (χ0) is 14.8. The summed E-state index contributed by atoms with van der Waals surface area (Å²) in [5, 5.41) is 6.41. The van der Waals surface area contributed by atoms with Gasteiger partial charge in [-0.1, -0.05) is 6.08 Å². The number of allylic oxidation sites excluding steroid dienone is 1. The van der Waals surface area contributed by atoms with E-state index in [1.54, 1.807) is 7.11 Å². The Kier molecular flexibility index (Phi) is 4.12. The minimum atomic E-state index is 0.0173. The summed E-state index contributed by atoms with van der Waals surface area (Å²) in [5.74, 6) is 0.0173. The highest BCUT2D eigenvalue weighted by Gasteiger charge is 2.26. The topological polar surface area (TPSA) is 55.3 Å². The fourth-order valence-corrected chi connectivity index (χ4v) is 3.08. The molecule has 0 radical (unpaired) electrons. The molecular formula is C16H23N3O2.